The van der Waals surface area contributed by atoms with Crippen molar-refractivity contribution < 1.29 is 70.8 Å². The summed E-state index contributed by atoms with van der Waals surface area (Å²) in [7, 11) is 0. The second kappa shape index (κ2) is 16.5. The van der Waals surface area contributed by atoms with Crippen molar-refractivity contribution >= 4 is 35.5 Å². The van der Waals surface area contributed by atoms with E-state index < -0.39 is 72.4 Å². The van der Waals surface area contributed by atoms with Gasteiger partial charge in [-0.2, -0.15) is 13.2 Å². The van der Waals surface area contributed by atoms with Crippen LogP contribution in [0.5, 0.6) is 0 Å². The Morgan fingerprint density at radius 3 is 2.46 bits per heavy atom. The maximum atomic E-state index is 13.2. The zero-order valence-corrected chi connectivity index (χ0v) is 24.9. The summed E-state index contributed by atoms with van der Waals surface area (Å²) >= 11 is 0. The SMILES string of the molecule is CC(=O)O[C@@H]1[C@@H](Nc2cccc(C(F)(F)F)n2)[C@H]2OC[C@](CONC(=O)CCOCCNC(=O)CCCC(=O)O)(O2)[C@@H]1OC(C)=O. The lowest BCUT2D eigenvalue weighted by molar-refractivity contribution is -0.248. The maximum Gasteiger partial charge on any atom is 0.433 e. The average Bonchev–Trinajstić information content (AvgIpc) is 3.35. The Morgan fingerprint density at radius 1 is 1.04 bits per heavy atom. The van der Waals surface area contributed by atoms with E-state index in [1.165, 1.54) is 6.07 Å². The molecule has 2 bridgehead atoms. The normalized spacial score (nSPS) is 23.7. The van der Waals surface area contributed by atoms with Crippen LogP contribution in [0.25, 0.3) is 0 Å². The first-order chi connectivity index (χ1) is 21.7. The van der Waals surface area contributed by atoms with Crippen molar-refractivity contribution in [3.63, 3.8) is 0 Å². The number of hydroxylamine groups is 1. The van der Waals surface area contributed by atoms with Gasteiger partial charge in [-0.05, 0) is 18.6 Å². The lowest BCUT2D eigenvalue weighted by Crippen LogP contribution is -2.66. The van der Waals surface area contributed by atoms with Gasteiger partial charge in [0.1, 0.15) is 24.2 Å². The van der Waals surface area contributed by atoms with Gasteiger partial charge in [-0.25, -0.2) is 10.5 Å². The van der Waals surface area contributed by atoms with Crippen LogP contribution >= 0.6 is 0 Å². The third-order valence-corrected chi connectivity index (χ3v) is 6.59. The Labute approximate surface area is 260 Å². The highest BCUT2D eigenvalue weighted by atomic mass is 19.4. The predicted molar refractivity (Wildman–Crippen MR) is 145 cm³/mol. The summed E-state index contributed by atoms with van der Waals surface area (Å²) in [5, 5.41) is 13.9. The molecule has 0 unspecified atom stereocenters. The third kappa shape index (κ3) is 10.8. The fraction of sp³-hybridized carbons (Fsp3) is 0.630. The first-order valence-corrected chi connectivity index (χ1v) is 14.1. The monoisotopic (exact) mass is 664 g/mol. The molecule has 19 heteroatoms. The number of carbonyl (C=O) groups excluding carboxylic acids is 4. The number of rotatable bonds is 17. The standard InChI is InChI=1S/C27H35F3N4O12/c1-15(35)44-23-22(33-18-6-3-5-17(32-18)27(28,29)30)25-42-13-26(46-25,24(23)45-16(2)36)14-43-34-20(38)9-11-41-12-10-31-19(37)7-4-8-21(39)40/h3,5-6,22-25H,4,7-14H2,1-2H3,(H,31,37)(H,32,33)(H,34,38)(H,39,40)/t22-,23-,24-,25+,26-/m1/s1. The van der Waals surface area contributed by atoms with Gasteiger partial charge in [0, 0.05) is 33.2 Å². The maximum absolute atomic E-state index is 13.2. The first-order valence-electron chi connectivity index (χ1n) is 14.1. The number of fused-ring (bicyclic) bond motifs is 2. The fourth-order valence-corrected chi connectivity index (χ4v) is 4.63. The lowest BCUT2D eigenvalue weighted by Gasteiger charge is -2.45. The summed E-state index contributed by atoms with van der Waals surface area (Å²) in [6.07, 6.45) is -8.67. The quantitative estimate of drug-likeness (QED) is 0.103. The number of halogens is 3. The second-order valence-corrected chi connectivity index (χ2v) is 10.3. The Balaban J connectivity index is 1.55. The molecule has 2 aliphatic heterocycles. The molecule has 2 fully saturated rings. The highest BCUT2D eigenvalue weighted by molar-refractivity contribution is 5.76. The van der Waals surface area contributed by atoms with Crippen molar-refractivity contribution in [2.75, 3.05) is 38.3 Å². The van der Waals surface area contributed by atoms with Crippen LogP contribution in [0.15, 0.2) is 18.2 Å². The molecule has 0 spiro atoms. The summed E-state index contributed by atoms with van der Waals surface area (Å²) in [4.78, 5) is 67.4. The molecule has 2 amide bonds. The second-order valence-electron chi connectivity index (χ2n) is 10.3. The van der Waals surface area contributed by atoms with E-state index in [-0.39, 0.29) is 63.8 Å². The van der Waals surface area contributed by atoms with Gasteiger partial charge in [0.05, 0.1) is 26.2 Å². The summed E-state index contributed by atoms with van der Waals surface area (Å²) < 4.78 is 67.6. The number of amides is 2. The van der Waals surface area contributed by atoms with E-state index >= 15 is 0 Å². The van der Waals surface area contributed by atoms with Crippen LogP contribution < -0.4 is 16.1 Å². The van der Waals surface area contributed by atoms with E-state index in [9.17, 15) is 37.1 Å². The topological polar surface area (TPSA) is 210 Å². The molecule has 3 rings (SSSR count). The molecular weight excluding hydrogens is 629 g/mol. The van der Waals surface area contributed by atoms with Crippen molar-refractivity contribution in [1.29, 1.82) is 0 Å². The predicted octanol–water partition coefficient (Wildman–Crippen LogP) is 0.695. The minimum Gasteiger partial charge on any atom is -0.481 e. The van der Waals surface area contributed by atoms with Gasteiger partial charge >= 0.3 is 24.1 Å². The number of nitrogens with zero attached hydrogens (tertiary/aromatic N) is 1. The molecule has 0 aromatic carbocycles. The highest BCUT2D eigenvalue weighted by Crippen LogP contribution is 2.41. The molecule has 16 nitrogen and oxygen atoms in total. The zero-order chi connectivity index (χ0) is 33.9. The number of aliphatic carboxylic acids is 1. The number of nitrogens with one attached hydrogen (secondary N) is 3. The molecule has 4 N–H and O–H groups in total. The highest BCUT2D eigenvalue weighted by Gasteiger charge is 2.63. The molecule has 0 aliphatic carbocycles. The summed E-state index contributed by atoms with van der Waals surface area (Å²) in [6.45, 7) is 1.68. The van der Waals surface area contributed by atoms with Gasteiger partial charge in [-0.1, -0.05) is 6.07 Å². The van der Waals surface area contributed by atoms with Crippen LogP contribution in [-0.2, 0) is 58.7 Å². The van der Waals surface area contributed by atoms with Crippen LogP contribution in [0, 0.1) is 0 Å². The number of carboxylic acids is 1. The number of carboxylic acid groups (broad SMARTS) is 1. The number of pyridine rings is 1. The molecule has 5 atom stereocenters. The molecule has 0 radical (unpaired) electrons. The number of esters is 2. The van der Waals surface area contributed by atoms with Crippen molar-refractivity contribution in [3.05, 3.63) is 23.9 Å². The van der Waals surface area contributed by atoms with Crippen LogP contribution in [0.2, 0.25) is 0 Å². The molecule has 0 saturated carbocycles. The third-order valence-electron chi connectivity index (χ3n) is 6.59. The number of carbonyl (C=O) groups is 5. The van der Waals surface area contributed by atoms with Gasteiger partial charge < -0.3 is 39.4 Å². The number of anilines is 1. The fourth-order valence-electron chi connectivity index (χ4n) is 4.63. The van der Waals surface area contributed by atoms with E-state index in [0.717, 1.165) is 26.0 Å². The average molecular weight is 665 g/mol. The van der Waals surface area contributed by atoms with Crippen LogP contribution in [0.3, 0.4) is 0 Å². The lowest BCUT2D eigenvalue weighted by atomic mass is 9.87. The Bertz CT molecular complexity index is 1250. The minimum absolute atomic E-state index is 0.0293. The summed E-state index contributed by atoms with van der Waals surface area (Å²) in [5.41, 5.74) is -0.576. The van der Waals surface area contributed by atoms with Gasteiger partial charge in [0.2, 0.25) is 11.8 Å². The van der Waals surface area contributed by atoms with Crippen LogP contribution in [0.4, 0.5) is 19.0 Å². The van der Waals surface area contributed by atoms with E-state index in [0.29, 0.717) is 0 Å². The largest absolute Gasteiger partial charge is 0.481 e. The Kier molecular flexibility index (Phi) is 13.0. The zero-order valence-electron chi connectivity index (χ0n) is 24.9. The molecule has 256 valence electrons. The summed E-state index contributed by atoms with van der Waals surface area (Å²) in [6, 6.07) is 1.97. The van der Waals surface area contributed by atoms with Gasteiger partial charge in [-0.3, -0.25) is 28.8 Å². The number of aromatic nitrogens is 1. The Morgan fingerprint density at radius 2 is 1.78 bits per heavy atom. The molecule has 1 aromatic rings. The first kappa shape index (κ1) is 36.4. The molecule has 1 aromatic heterocycles. The molecule has 2 saturated heterocycles. The van der Waals surface area contributed by atoms with Crippen molar-refractivity contribution in [3.8, 4) is 0 Å². The van der Waals surface area contributed by atoms with Gasteiger partial charge in [-0.15, -0.1) is 0 Å². The van der Waals surface area contributed by atoms with Crippen molar-refractivity contribution in [2.24, 2.45) is 0 Å². The van der Waals surface area contributed by atoms with Gasteiger partial charge in [0.15, 0.2) is 24.1 Å². The molecule has 2 aliphatic rings. The smallest absolute Gasteiger partial charge is 0.433 e. The van der Waals surface area contributed by atoms with Crippen LogP contribution in [-0.4, -0.2) is 103 Å². The Hall–Kier alpha value is -4.07. The number of ether oxygens (including phenoxy) is 5. The van der Waals surface area contributed by atoms with Crippen molar-refractivity contribution in [1.82, 2.24) is 15.8 Å². The van der Waals surface area contributed by atoms with E-state index in [1.54, 1.807) is 0 Å². The summed E-state index contributed by atoms with van der Waals surface area (Å²) in [5.74, 6) is -3.75. The number of hydrogen-bond donors (Lipinski definition) is 4. The van der Waals surface area contributed by atoms with E-state index in [2.05, 4.69) is 21.1 Å². The molecule has 46 heavy (non-hydrogen) atoms. The number of hydrogen-bond acceptors (Lipinski definition) is 13. The van der Waals surface area contributed by atoms with E-state index in [1.807, 2.05) is 0 Å². The molecule has 3 heterocycles. The van der Waals surface area contributed by atoms with Gasteiger partial charge in [0.25, 0.3) is 0 Å². The minimum atomic E-state index is -4.73. The number of alkyl halides is 3. The van der Waals surface area contributed by atoms with Crippen molar-refractivity contribution in [2.45, 2.75) is 75.8 Å². The van der Waals surface area contributed by atoms with Crippen LogP contribution in [0.1, 0.15) is 45.2 Å². The van der Waals surface area contributed by atoms with E-state index in [4.69, 9.17) is 33.6 Å². The molecular formula is C27H35F3N4O12.